The summed E-state index contributed by atoms with van der Waals surface area (Å²) in [5.41, 5.74) is 6.71. The van der Waals surface area contributed by atoms with E-state index < -0.39 is 0 Å². The molecule has 2 aromatic rings. The van der Waals surface area contributed by atoms with Crippen molar-refractivity contribution in [1.82, 2.24) is 4.98 Å². The first-order valence-corrected chi connectivity index (χ1v) is 6.31. The Morgan fingerprint density at radius 1 is 1.11 bits per heavy atom. The molecule has 0 unspecified atom stereocenters. The first kappa shape index (κ1) is 12.6. The number of rotatable bonds is 6. The molecule has 0 atom stereocenters. The summed E-state index contributed by atoms with van der Waals surface area (Å²) < 4.78 is 0. The van der Waals surface area contributed by atoms with Gasteiger partial charge in [0.2, 0.25) is 0 Å². The Labute approximate surface area is 107 Å². The average Bonchev–Trinajstić information content (AvgIpc) is 2.39. The molecule has 96 valence electrons. The molecule has 0 aliphatic heterocycles. The molecule has 0 aliphatic carbocycles. The standard InChI is InChI=1S/C14H19N3O/c15-13-6-4-5-12-11(13)7-9-17-14(12)16-8-2-1-3-10-18/h4-7,9,18H,1-3,8,10,15H2,(H,16,17). The fourth-order valence-electron chi connectivity index (χ4n) is 1.99. The van der Waals surface area contributed by atoms with E-state index in [2.05, 4.69) is 10.3 Å². The van der Waals surface area contributed by atoms with E-state index in [9.17, 15) is 0 Å². The second kappa shape index (κ2) is 6.21. The van der Waals surface area contributed by atoms with Gasteiger partial charge in [-0.05, 0) is 31.4 Å². The Hall–Kier alpha value is -1.81. The number of aliphatic hydroxyl groups is 1. The molecular formula is C14H19N3O. The number of nitrogens with zero attached hydrogens (tertiary/aromatic N) is 1. The summed E-state index contributed by atoms with van der Waals surface area (Å²) >= 11 is 0. The highest BCUT2D eigenvalue weighted by atomic mass is 16.2. The Morgan fingerprint density at radius 2 is 2.00 bits per heavy atom. The number of nitrogen functional groups attached to an aromatic ring is 1. The SMILES string of the molecule is Nc1cccc2c(NCCCCCO)nccc12. The van der Waals surface area contributed by atoms with Crippen LogP contribution in [0.4, 0.5) is 11.5 Å². The molecule has 1 aromatic carbocycles. The van der Waals surface area contributed by atoms with Crippen LogP contribution in [0.5, 0.6) is 0 Å². The minimum atomic E-state index is 0.267. The van der Waals surface area contributed by atoms with Crippen LogP contribution in [0, 0.1) is 0 Å². The Morgan fingerprint density at radius 3 is 2.83 bits per heavy atom. The first-order chi connectivity index (χ1) is 8.83. The molecule has 4 nitrogen and oxygen atoms in total. The number of hydrogen-bond acceptors (Lipinski definition) is 4. The molecule has 0 radical (unpaired) electrons. The topological polar surface area (TPSA) is 71.2 Å². The van der Waals surface area contributed by atoms with E-state index in [-0.39, 0.29) is 6.61 Å². The lowest BCUT2D eigenvalue weighted by Gasteiger charge is -2.09. The minimum Gasteiger partial charge on any atom is -0.398 e. The van der Waals surface area contributed by atoms with Gasteiger partial charge < -0.3 is 16.2 Å². The summed E-state index contributed by atoms with van der Waals surface area (Å²) in [6.45, 7) is 1.13. The van der Waals surface area contributed by atoms with Crippen molar-refractivity contribution in [3.63, 3.8) is 0 Å². The normalized spacial score (nSPS) is 10.7. The lowest BCUT2D eigenvalue weighted by molar-refractivity contribution is 0.283. The predicted octanol–water partition coefficient (Wildman–Crippen LogP) is 2.39. The number of hydrogen-bond donors (Lipinski definition) is 3. The molecule has 0 fully saturated rings. The maximum atomic E-state index is 8.71. The Kier molecular flexibility index (Phi) is 4.36. The molecular weight excluding hydrogens is 226 g/mol. The molecule has 2 rings (SSSR count). The van der Waals surface area contributed by atoms with E-state index in [1.165, 1.54) is 0 Å². The summed E-state index contributed by atoms with van der Waals surface area (Å²) in [5.74, 6) is 0.879. The van der Waals surface area contributed by atoms with Crippen molar-refractivity contribution in [2.45, 2.75) is 19.3 Å². The maximum absolute atomic E-state index is 8.71. The van der Waals surface area contributed by atoms with Crippen LogP contribution in [-0.4, -0.2) is 23.2 Å². The van der Waals surface area contributed by atoms with Crippen LogP contribution in [0.1, 0.15) is 19.3 Å². The number of unbranched alkanes of at least 4 members (excludes halogenated alkanes) is 2. The maximum Gasteiger partial charge on any atom is 0.133 e. The Bertz CT molecular complexity index is 513. The van der Waals surface area contributed by atoms with Crippen molar-refractivity contribution >= 4 is 22.3 Å². The number of nitrogens with one attached hydrogen (secondary N) is 1. The van der Waals surface area contributed by atoms with Gasteiger partial charge >= 0.3 is 0 Å². The molecule has 0 saturated heterocycles. The van der Waals surface area contributed by atoms with Gasteiger partial charge in [-0.2, -0.15) is 0 Å². The first-order valence-electron chi connectivity index (χ1n) is 6.31. The molecule has 0 saturated carbocycles. The molecule has 0 spiro atoms. The summed E-state index contributed by atoms with van der Waals surface area (Å²) in [4.78, 5) is 4.35. The van der Waals surface area contributed by atoms with Crippen LogP contribution in [0.15, 0.2) is 30.5 Å². The van der Waals surface area contributed by atoms with Crippen LogP contribution in [-0.2, 0) is 0 Å². The van der Waals surface area contributed by atoms with Crippen molar-refractivity contribution in [3.8, 4) is 0 Å². The van der Waals surface area contributed by atoms with Gasteiger partial charge in [0.25, 0.3) is 0 Å². The van der Waals surface area contributed by atoms with Gasteiger partial charge in [0.05, 0.1) is 0 Å². The van der Waals surface area contributed by atoms with Gasteiger partial charge in [-0.15, -0.1) is 0 Å². The third-order valence-electron chi connectivity index (χ3n) is 2.97. The molecule has 4 N–H and O–H groups in total. The summed E-state index contributed by atoms with van der Waals surface area (Å²) in [5, 5.41) is 14.1. The van der Waals surface area contributed by atoms with Crippen LogP contribution < -0.4 is 11.1 Å². The molecule has 18 heavy (non-hydrogen) atoms. The quantitative estimate of drug-likeness (QED) is 0.540. The summed E-state index contributed by atoms with van der Waals surface area (Å²) in [6.07, 6.45) is 4.68. The van der Waals surface area contributed by atoms with E-state index in [1.807, 2.05) is 24.3 Å². The lowest BCUT2D eigenvalue weighted by Crippen LogP contribution is -2.04. The summed E-state index contributed by atoms with van der Waals surface area (Å²) in [7, 11) is 0. The number of fused-ring (bicyclic) bond motifs is 1. The van der Waals surface area contributed by atoms with E-state index in [0.717, 1.165) is 48.1 Å². The van der Waals surface area contributed by atoms with Gasteiger partial charge in [0.1, 0.15) is 5.82 Å². The minimum absolute atomic E-state index is 0.267. The number of aromatic nitrogens is 1. The smallest absolute Gasteiger partial charge is 0.133 e. The molecule has 4 heteroatoms. The van der Waals surface area contributed by atoms with E-state index in [4.69, 9.17) is 10.8 Å². The van der Waals surface area contributed by atoms with Gasteiger partial charge in [0.15, 0.2) is 0 Å². The predicted molar refractivity (Wildman–Crippen MR) is 75.6 cm³/mol. The fourth-order valence-corrected chi connectivity index (χ4v) is 1.99. The number of aliphatic hydroxyl groups excluding tert-OH is 1. The highest BCUT2D eigenvalue weighted by Crippen LogP contribution is 2.25. The second-order valence-corrected chi connectivity index (χ2v) is 4.31. The van der Waals surface area contributed by atoms with Crippen molar-refractivity contribution in [2.75, 3.05) is 24.2 Å². The highest BCUT2D eigenvalue weighted by Gasteiger charge is 2.03. The molecule has 1 heterocycles. The summed E-state index contributed by atoms with van der Waals surface area (Å²) in [6, 6.07) is 7.79. The highest BCUT2D eigenvalue weighted by molar-refractivity contribution is 5.99. The van der Waals surface area contributed by atoms with Crippen molar-refractivity contribution in [2.24, 2.45) is 0 Å². The monoisotopic (exact) mass is 245 g/mol. The number of nitrogens with two attached hydrogens (primary N) is 1. The Balaban J connectivity index is 2.07. The second-order valence-electron chi connectivity index (χ2n) is 4.31. The fraction of sp³-hybridized carbons (Fsp3) is 0.357. The zero-order valence-corrected chi connectivity index (χ0v) is 10.4. The number of benzene rings is 1. The third-order valence-corrected chi connectivity index (χ3v) is 2.97. The molecule has 0 aliphatic rings. The number of pyridine rings is 1. The van der Waals surface area contributed by atoms with E-state index in [1.54, 1.807) is 6.20 Å². The van der Waals surface area contributed by atoms with Gasteiger partial charge in [-0.3, -0.25) is 0 Å². The van der Waals surface area contributed by atoms with Crippen LogP contribution in [0.3, 0.4) is 0 Å². The molecule has 1 aromatic heterocycles. The van der Waals surface area contributed by atoms with E-state index in [0.29, 0.717) is 0 Å². The lowest BCUT2D eigenvalue weighted by atomic mass is 10.1. The van der Waals surface area contributed by atoms with Crippen molar-refractivity contribution in [1.29, 1.82) is 0 Å². The average molecular weight is 245 g/mol. The van der Waals surface area contributed by atoms with Crippen LogP contribution in [0.2, 0.25) is 0 Å². The number of anilines is 2. The van der Waals surface area contributed by atoms with Crippen molar-refractivity contribution < 1.29 is 5.11 Å². The van der Waals surface area contributed by atoms with Crippen LogP contribution >= 0.6 is 0 Å². The van der Waals surface area contributed by atoms with Gasteiger partial charge in [-0.1, -0.05) is 12.1 Å². The largest absolute Gasteiger partial charge is 0.398 e. The zero-order valence-electron chi connectivity index (χ0n) is 10.4. The molecule has 0 bridgehead atoms. The van der Waals surface area contributed by atoms with Gasteiger partial charge in [0, 0.05) is 35.8 Å². The van der Waals surface area contributed by atoms with Gasteiger partial charge in [-0.25, -0.2) is 4.98 Å². The molecule has 0 amide bonds. The third kappa shape index (κ3) is 2.90. The van der Waals surface area contributed by atoms with E-state index >= 15 is 0 Å². The van der Waals surface area contributed by atoms with Crippen molar-refractivity contribution in [3.05, 3.63) is 30.5 Å². The zero-order chi connectivity index (χ0) is 12.8. The van der Waals surface area contributed by atoms with Crippen LogP contribution in [0.25, 0.3) is 10.8 Å².